The zero-order valence-corrected chi connectivity index (χ0v) is 26.6. The average Bonchev–Trinajstić information content (AvgIpc) is 3.00. The highest BCUT2D eigenvalue weighted by Gasteiger charge is 2.21. The molecule has 4 heteroatoms. The van der Waals surface area contributed by atoms with Gasteiger partial charge < -0.3 is 9.47 Å². The Kier molecular flexibility index (Phi) is 16.7. The molecule has 0 radical (unpaired) electrons. The highest BCUT2D eigenvalue weighted by molar-refractivity contribution is 5.91. The van der Waals surface area contributed by atoms with Crippen LogP contribution in [-0.2, 0) is 6.42 Å². The summed E-state index contributed by atoms with van der Waals surface area (Å²) in [5, 5.41) is 0. The molecule has 2 aromatic carbocycles. The van der Waals surface area contributed by atoms with Crippen molar-refractivity contribution in [3.8, 4) is 11.5 Å². The number of aryl methyl sites for hydroxylation is 1. The van der Waals surface area contributed by atoms with E-state index in [-0.39, 0.29) is 5.56 Å². The molecule has 0 atom stereocenters. The molecule has 1 fully saturated rings. The van der Waals surface area contributed by atoms with Crippen molar-refractivity contribution in [2.45, 2.75) is 142 Å². The molecule has 0 bridgehead atoms. The van der Waals surface area contributed by atoms with Crippen LogP contribution in [0.25, 0.3) is 0 Å². The third kappa shape index (κ3) is 13.3. The topological polar surface area (TPSA) is 35.5 Å². The van der Waals surface area contributed by atoms with Crippen molar-refractivity contribution in [2.24, 2.45) is 11.8 Å². The normalized spacial score (nSPS) is 16.8. The van der Waals surface area contributed by atoms with E-state index in [4.69, 9.17) is 9.47 Å². The number of ether oxygens (including phenoxy) is 2. The van der Waals surface area contributed by atoms with E-state index >= 15 is 0 Å². The van der Waals surface area contributed by atoms with Crippen LogP contribution < -0.4 is 9.47 Å². The highest BCUT2D eigenvalue weighted by Crippen LogP contribution is 2.34. The lowest BCUT2D eigenvalue weighted by atomic mass is 9.78. The molecule has 0 saturated heterocycles. The first-order valence-electron chi connectivity index (χ1n) is 17.3. The van der Waals surface area contributed by atoms with Crippen LogP contribution in [0.5, 0.6) is 11.5 Å². The maximum atomic E-state index is 14.7. The number of benzene rings is 2. The van der Waals surface area contributed by atoms with Gasteiger partial charge in [-0.3, -0.25) is 0 Å². The SMILES string of the molecule is CCCCCCCCCCCCOc1ccc(C(=O)Oc2ccc(CC[C@H]3CC[C@H](CCCCC)CC3)cc2)c(F)c1. The van der Waals surface area contributed by atoms with Crippen molar-refractivity contribution < 1.29 is 18.7 Å². The quantitative estimate of drug-likeness (QED) is 0.0837. The number of hydrogen-bond acceptors (Lipinski definition) is 3. The highest BCUT2D eigenvalue weighted by atomic mass is 19.1. The van der Waals surface area contributed by atoms with Crippen LogP contribution in [0.4, 0.5) is 4.39 Å². The van der Waals surface area contributed by atoms with E-state index in [9.17, 15) is 9.18 Å². The van der Waals surface area contributed by atoms with E-state index in [2.05, 4.69) is 13.8 Å². The largest absolute Gasteiger partial charge is 0.493 e. The van der Waals surface area contributed by atoms with E-state index in [1.807, 2.05) is 24.3 Å². The number of esters is 1. The molecular formula is C38H57FO3. The second kappa shape index (κ2) is 20.5. The maximum absolute atomic E-state index is 14.7. The summed E-state index contributed by atoms with van der Waals surface area (Å²) in [5.41, 5.74) is 1.19. The van der Waals surface area contributed by atoms with Crippen molar-refractivity contribution in [3.63, 3.8) is 0 Å². The Balaban J connectivity index is 1.30. The Morgan fingerprint density at radius 3 is 1.86 bits per heavy atom. The predicted molar refractivity (Wildman–Crippen MR) is 173 cm³/mol. The monoisotopic (exact) mass is 580 g/mol. The van der Waals surface area contributed by atoms with Crippen molar-refractivity contribution >= 4 is 5.97 Å². The van der Waals surface area contributed by atoms with Crippen LogP contribution in [0.1, 0.15) is 152 Å². The Morgan fingerprint density at radius 2 is 1.24 bits per heavy atom. The van der Waals surface area contributed by atoms with Gasteiger partial charge in [0.2, 0.25) is 0 Å². The summed E-state index contributed by atoms with van der Waals surface area (Å²) in [4.78, 5) is 12.6. The number of carbonyl (C=O) groups is 1. The lowest BCUT2D eigenvalue weighted by Crippen LogP contribution is -2.15. The molecule has 0 N–H and O–H groups in total. The fraction of sp³-hybridized carbons (Fsp3) is 0.658. The summed E-state index contributed by atoms with van der Waals surface area (Å²) >= 11 is 0. The predicted octanol–water partition coefficient (Wildman–Crippen LogP) is 11.7. The molecule has 2 aromatic rings. The van der Waals surface area contributed by atoms with Crippen LogP contribution >= 0.6 is 0 Å². The molecule has 1 saturated carbocycles. The molecule has 0 aliphatic heterocycles. The van der Waals surface area contributed by atoms with Gasteiger partial charge in [0.25, 0.3) is 0 Å². The second-order valence-electron chi connectivity index (χ2n) is 12.6. The van der Waals surface area contributed by atoms with Gasteiger partial charge in [-0.1, -0.05) is 135 Å². The number of carbonyl (C=O) groups excluding carboxylic acids is 1. The molecule has 1 aliphatic rings. The van der Waals surface area contributed by atoms with E-state index in [1.165, 1.54) is 127 Å². The van der Waals surface area contributed by atoms with Gasteiger partial charge >= 0.3 is 5.97 Å². The Labute approximate surface area is 256 Å². The van der Waals surface area contributed by atoms with Crippen LogP contribution in [0, 0.1) is 17.7 Å². The van der Waals surface area contributed by atoms with Gasteiger partial charge in [-0.2, -0.15) is 0 Å². The van der Waals surface area contributed by atoms with E-state index in [1.54, 1.807) is 6.07 Å². The minimum Gasteiger partial charge on any atom is -0.493 e. The standard InChI is InChI=1S/C38H57FO3/c1-3-5-7-8-9-10-11-12-13-15-29-41-35-27-28-36(37(39)30-35)38(40)42-34-25-23-33(24-26-34)22-21-32-19-17-31(18-20-32)16-14-6-4-2/h23-28,30-32H,3-22,29H2,1-2H3/t31-,32-. The van der Waals surface area contributed by atoms with Gasteiger partial charge in [-0.25, -0.2) is 9.18 Å². The molecule has 1 aliphatic carbocycles. The summed E-state index contributed by atoms with van der Waals surface area (Å²) in [6, 6.07) is 12.1. The molecule has 0 unspecified atom stereocenters. The Morgan fingerprint density at radius 1 is 0.690 bits per heavy atom. The lowest BCUT2D eigenvalue weighted by Gasteiger charge is -2.28. The fourth-order valence-electron chi connectivity index (χ4n) is 6.28. The zero-order chi connectivity index (χ0) is 29.8. The van der Waals surface area contributed by atoms with Crippen LogP contribution in [0.2, 0.25) is 0 Å². The Hall–Kier alpha value is -2.36. The first-order valence-corrected chi connectivity index (χ1v) is 17.3. The third-order valence-corrected chi connectivity index (χ3v) is 9.08. The summed E-state index contributed by atoms with van der Waals surface area (Å²) in [6.45, 7) is 5.09. The average molecular weight is 581 g/mol. The summed E-state index contributed by atoms with van der Waals surface area (Å²) in [6.07, 6.45) is 25.9. The summed E-state index contributed by atoms with van der Waals surface area (Å²) < 4.78 is 25.9. The lowest BCUT2D eigenvalue weighted by molar-refractivity contribution is 0.0729. The summed E-state index contributed by atoms with van der Waals surface area (Å²) in [7, 11) is 0. The first-order chi connectivity index (χ1) is 20.6. The van der Waals surface area contributed by atoms with Crippen molar-refractivity contribution in [3.05, 3.63) is 59.4 Å². The van der Waals surface area contributed by atoms with E-state index < -0.39 is 11.8 Å². The molecule has 3 rings (SSSR count). The molecule has 0 spiro atoms. The van der Waals surface area contributed by atoms with Crippen molar-refractivity contribution in [2.75, 3.05) is 6.61 Å². The third-order valence-electron chi connectivity index (χ3n) is 9.08. The van der Waals surface area contributed by atoms with E-state index in [0.717, 1.165) is 31.1 Å². The fourth-order valence-corrected chi connectivity index (χ4v) is 6.28. The van der Waals surface area contributed by atoms with Gasteiger partial charge in [0.05, 0.1) is 12.2 Å². The number of halogens is 1. The number of hydrogen-bond donors (Lipinski definition) is 0. The molecule has 234 valence electrons. The minimum atomic E-state index is -0.683. The smallest absolute Gasteiger partial charge is 0.346 e. The Bertz CT molecular complexity index is 994. The molecule has 42 heavy (non-hydrogen) atoms. The second-order valence-corrected chi connectivity index (χ2v) is 12.6. The molecule has 0 heterocycles. The molecule has 0 amide bonds. The molecule has 3 nitrogen and oxygen atoms in total. The van der Waals surface area contributed by atoms with Gasteiger partial charge in [-0.05, 0) is 60.9 Å². The van der Waals surface area contributed by atoms with Gasteiger partial charge in [0.15, 0.2) is 0 Å². The van der Waals surface area contributed by atoms with Crippen LogP contribution in [0.3, 0.4) is 0 Å². The summed E-state index contributed by atoms with van der Waals surface area (Å²) in [5.74, 6) is 1.38. The van der Waals surface area contributed by atoms with Crippen LogP contribution in [-0.4, -0.2) is 12.6 Å². The van der Waals surface area contributed by atoms with Gasteiger partial charge in [0.1, 0.15) is 17.3 Å². The number of rotatable bonds is 21. The van der Waals surface area contributed by atoms with Gasteiger partial charge in [-0.15, -0.1) is 0 Å². The molecule has 0 aromatic heterocycles. The number of unbranched alkanes of at least 4 members (excludes halogenated alkanes) is 11. The molecular weight excluding hydrogens is 523 g/mol. The van der Waals surface area contributed by atoms with Crippen molar-refractivity contribution in [1.29, 1.82) is 0 Å². The van der Waals surface area contributed by atoms with Crippen molar-refractivity contribution in [1.82, 2.24) is 0 Å². The minimum absolute atomic E-state index is 0.0735. The first kappa shape index (κ1) is 34.1. The van der Waals surface area contributed by atoms with E-state index in [0.29, 0.717) is 18.1 Å². The maximum Gasteiger partial charge on any atom is 0.346 e. The van der Waals surface area contributed by atoms with Crippen LogP contribution in [0.15, 0.2) is 42.5 Å². The van der Waals surface area contributed by atoms with Gasteiger partial charge in [0, 0.05) is 6.07 Å². The zero-order valence-electron chi connectivity index (χ0n) is 26.6.